The molecule has 0 aliphatic rings. The number of aliphatic hydroxyl groups is 1. The van der Waals surface area contributed by atoms with E-state index in [1.165, 1.54) is 0 Å². The van der Waals surface area contributed by atoms with Crippen LogP contribution in [0.2, 0.25) is 0 Å². The standard InChI is InChI=1S/C22H30N2O3/c1-22(2,3)24-14-19(25)15-27-20-7-5-4-6-17(20)11-8-16-9-12-18(13-10-16)21(23)26/h4-7,9-10,12-13,19,24-25H,8,11,14-15H2,1-3H3,(H2,23,26). The van der Waals surface area contributed by atoms with E-state index in [0.29, 0.717) is 12.1 Å². The monoisotopic (exact) mass is 370 g/mol. The number of aliphatic hydroxyl groups excluding tert-OH is 1. The van der Waals surface area contributed by atoms with Crippen LogP contribution in [-0.2, 0) is 12.8 Å². The molecule has 0 bridgehead atoms. The Morgan fingerprint density at radius 1 is 1.11 bits per heavy atom. The number of nitrogens with one attached hydrogen (secondary N) is 1. The Morgan fingerprint density at radius 2 is 1.78 bits per heavy atom. The van der Waals surface area contributed by atoms with Crippen molar-refractivity contribution in [1.82, 2.24) is 5.32 Å². The Kier molecular flexibility index (Phi) is 7.39. The molecule has 27 heavy (non-hydrogen) atoms. The number of ether oxygens (including phenoxy) is 1. The highest BCUT2D eigenvalue weighted by molar-refractivity contribution is 5.92. The smallest absolute Gasteiger partial charge is 0.248 e. The minimum atomic E-state index is -0.571. The molecule has 0 saturated heterocycles. The van der Waals surface area contributed by atoms with Crippen LogP contribution >= 0.6 is 0 Å². The number of hydrogen-bond donors (Lipinski definition) is 3. The van der Waals surface area contributed by atoms with Crippen LogP contribution in [0.1, 0.15) is 42.3 Å². The zero-order valence-electron chi connectivity index (χ0n) is 16.4. The summed E-state index contributed by atoms with van der Waals surface area (Å²) in [7, 11) is 0. The average molecular weight is 370 g/mol. The summed E-state index contributed by atoms with van der Waals surface area (Å²) in [6.07, 6.45) is 1.06. The van der Waals surface area contributed by atoms with E-state index in [9.17, 15) is 9.90 Å². The van der Waals surface area contributed by atoms with Gasteiger partial charge >= 0.3 is 0 Å². The molecule has 0 fully saturated rings. The fourth-order valence-corrected chi connectivity index (χ4v) is 2.63. The number of benzene rings is 2. The molecule has 0 heterocycles. The third kappa shape index (κ3) is 7.41. The van der Waals surface area contributed by atoms with E-state index in [1.807, 2.05) is 36.4 Å². The van der Waals surface area contributed by atoms with Crippen LogP contribution in [0, 0.1) is 0 Å². The van der Waals surface area contributed by atoms with Crippen molar-refractivity contribution in [3.63, 3.8) is 0 Å². The van der Waals surface area contributed by atoms with Crippen molar-refractivity contribution < 1.29 is 14.6 Å². The van der Waals surface area contributed by atoms with Crippen LogP contribution < -0.4 is 15.8 Å². The van der Waals surface area contributed by atoms with Crippen LogP contribution in [0.4, 0.5) is 0 Å². The van der Waals surface area contributed by atoms with Crippen molar-refractivity contribution in [2.24, 2.45) is 5.73 Å². The highest BCUT2D eigenvalue weighted by Gasteiger charge is 2.13. The van der Waals surface area contributed by atoms with Gasteiger partial charge < -0.3 is 20.9 Å². The number of nitrogens with two attached hydrogens (primary N) is 1. The normalized spacial score (nSPS) is 12.6. The van der Waals surface area contributed by atoms with Gasteiger partial charge in [0.2, 0.25) is 5.91 Å². The molecule has 1 amide bonds. The van der Waals surface area contributed by atoms with Crippen molar-refractivity contribution in [1.29, 1.82) is 0 Å². The lowest BCUT2D eigenvalue weighted by Gasteiger charge is -2.23. The fraction of sp³-hybridized carbons (Fsp3) is 0.409. The number of β-amino-alcohol motifs (C(OH)–C–C–N with tert-alkyl or cyclic N) is 1. The molecule has 0 aromatic heterocycles. The zero-order valence-corrected chi connectivity index (χ0v) is 16.4. The molecule has 1 atom stereocenters. The van der Waals surface area contributed by atoms with Crippen LogP contribution in [0.25, 0.3) is 0 Å². The molecule has 1 unspecified atom stereocenters. The van der Waals surface area contributed by atoms with E-state index < -0.39 is 12.0 Å². The second kappa shape index (κ2) is 9.53. The highest BCUT2D eigenvalue weighted by atomic mass is 16.5. The van der Waals surface area contributed by atoms with Gasteiger partial charge in [-0.2, -0.15) is 0 Å². The third-order valence-electron chi connectivity index (χ3n) is 4.19. The number of aryl methyl sites for hydroxylation is 2. The maximum Gasteiger partial charge on any atom is 0.248 e. The van der Waals surface area contributed by atoms with Gasteiger partial charge in [0.15, 0.2) is 0 Å². The number of primary amides is 1. The van der Waals surface area contributed by atoms with Crippen molar-refractivity contribution in [2.45, 2.75) is 45.3 Å². The summed E-state index contributed by atoms with van der Waals surface area (Å²) in [5, 5.41) is 13.4. The van der Waals surface area contributed by atoms with E-state index in [1.54, 1.807) is 12.1 Å². The Bertz CT molecular complexity index is 736. The van der Waals surface area contributed by atoms with Gasteiger partial charge in [-0.15, -0.1) is 0 Å². The van der Waals surface area contributed by atoms with Gasteiger partial charge in [-0.1, -0.05) is 30.3 Å². The molecule has 5 heteroatoms. The summed E-state index contributed by atoms with van der Waals surface area (Å²) >= 11 is 0. The van der Waals surface area contributed by atoms with Gasteiger partial charge in [0.1, 0.15) is 18.5 Å². The van der Waals surface area contributed by atoms with Crippen LogP contribution in [0.3, 0.4) is 0 Å². The fourth-order valence-electron chi connectivity index (χ4n) is 2.63. The predicted octanol–water partition coefficient (Wildman–Crippen LogP) is 2.70. The Labute approximate surface area is 161 Å². The molecule has 0 aliphatic heterocycles. The summed E-state index contributed by atoms with van der Waals surface area (Å²) < 4.78 is 5.85. The first kappa shape index (κ1) is 20.9. The minimum Gasteiger partial charge on any atom is -0.491 e. The Hall–Kier alpha value is -2.37. The number of carbonyl (C=O) groups is 1. The topological polar surface area (TPSA) is 84.6 Å². The van der Waals surface area contributed by atoms with Gasteiger partial charge in [0.25, 0.3) is 0 Å². The molecule has 0 aliphatic carbocycles. The quantitative estimate of drug-likeness (QED) is 0.634. The van der Waals surface area contributed by atoms with E-state index in [0.717, 1.165) is 29.7 Å². The predicted molar refractivity (Wildman–Crippen MR) is 108 cm³/mol. The largest absolute Gasteiger partial charge is 0.491 e. The molecule has 0 radical (unpaired) electrons. The SMILES string of the molecule is CC(C)(C)NCC(O)COc1ccccc1CCc1ccc(C(N)=O)cc1. The van der Waals surface area contributed by atoms with Crippen LogP contribution in [0.5, 0.6) is 5.75 Å². The molecular weight excluding hydrogens is 340 g/mol. The van der Waals surface area contributed by atoms with Gasteiger partial charge in [0.05, 0.1) is 0 Å². The molecule has 0 saturated carbocycles. The maximum absolute atomic E-state index is 11.1. The molecule has 146 valence electrons. The molecule has 2 aromatic carbocycles. The lowest BCUT2D eigenvalue weighted by Crippen LogP contribution is -2.42. The molecule has 5 nitrogen and oxygen atoms in total. The van der Waals surface area contributed by atoms with Crippen LogP contribution in [-0.4, -0.2) is 35.8 Å². The maximum atomic E-state index is 11.1. The summed E-state index contributed by atoms with van der Waals surface area (Å²) in [5.74, 6) is 0.376. The zero-order chi connectivity index (χ0) is 19.9. The summed E-state index contributed by atoms with van der Waals surface area (Å²) in [6.45, 7) is 6.91. The Morgan fingerprint density at radius 3 is 2.41 bits per heavy atom. The molecule has 2 rings (SSSR count). The average Bonchev–Trinajstić information content (AvgIpc) is 2.63. The first-order valence-electron chi connectivity index (χ1n) is 9.27. The minimum absolute atomic E-state index is 0.0387. The highest BCUT2D eigenvalue weighted by Crippen LogP contribution is 2.20. The Balaban J connectivity index is 1.90. The number of amides is 1. The lowest BCUT2D eigenvalue weighted by atomic mass is 10.0. The van der Waals surface area contributed by atoms with Gasteiger partial charge in [-0.3, -0.25) is 4.79 Å². The first-order valence-corrected chi connectivity index (χ1v) is 9.27. The summed E-state index contributed by atoms with van der Waals surface area (Å²) in [4.78, 5) is 11.1. The van der Waals surface area contributed by atoms with E-state index >= 15 is 0 Å². The number of rotatable bonds is 9. The van der Waals surface area contributed by atoms with Crippen molar-refractivity contribution in [3.8, 4) is 5.75 Å². The number of para-hydroxylation sites is 1. The van der Waals surface area contributed by atoms with Crippen molar-refractivity contribution in [2.75, 3.05) is 13.2 Å². The first-order chi connectivity index (χ1) is 12.7. The molecule has 4 N–H and O–H groups in total. The molecular formula is C22H30N2O3. The van der Waals surface area contributed by atoms with Gasteiger partial charge in [-0.05, 0) is 62.9 Å². The summed E-state index contributed by atoms with van der Waals surface area (Å²) in [5.41, 5.74) is 7.97. The van der Waals surface area contributed by atoms with Crippen LogP contribution in [0.15, 0.2) is 48.5 Å². The second-order valence-corrected chi connectivity index (χ2v) is 7.76. The van der Waals surface area contributed by atoms with Gasteiger partial charge in [-0.25, -0.2) is 0 Å². The number of hydrogen-bond acceptors (Lipinski definition) is 4. The molecule has 0 spiro atoms. The summed E-state index contributed by atoms with van der Waals surface area (Å²) in [6, 6.07) is 15.2. The van der Waals surface area contributed by atoms with E-state index in [2.05, 4.69) is 26.1 Å². The van der Waals surface area contributed by atoms with Gasteiger partial charge in [0, 0.05) is 17.6 Å². The number of carbonyl (C=O) groups excluding carboxylic acids is 1. The molecule has 2 aromatic rings. The van der Waals surface area contributed by atoms with Crippen molar-refractivity contribution in [3.05, 3.63) is 65.2 Å². The van der Waals surface area contributed by atoms with E-state index in [-0.39, 0.29) is 12.1 Å². The van der Waals surface area contributed by atoms with Crippen molar-refractivity contribution >= 4 is 5.91 Å². The third-order valence-corrected chi connectivity index (χ3v) is 4.19. The van der Waals surface area contributed by atoms with E-state index in [4.69, 9.17) is 10.5 Å². The second-order valence-electron chi connectivity index (χ2n) is 7.76. The lowest BCUT2D eigenvalue weighted by molar-refractivity contribution is 0.0995.